The molecule has 0 bridgehead atoms. The molecule has 3 nitrogen and oxygen atoms in total. The predicted molar refractivity (Wildman–Crippen MR) is 62.3 cm³/mol. The highest BCUT2D eigenvalue weighted by atomic mass is 16.3. The third kappa shape index (κ3) is 1.92. The van der Waals surface area contributed by atoms with Crippen LogP contribution in [0.15, 0.2) is 18.2 Å². The van der Waals surface area contributed by atoms with Crippen molar-refractivity contribution in [2.24, 2.45) is 5.73 Å². The lowest BCUT2D eigenvalue weighted by Crippen LogP contribution is -2.33. The molecule has 1 heterocycles. The smallest absolute Gasteiger partial charge is 0.116 e. The van der Waals surface area contributed by atoms with Crippen molar-refractivity contribution in [1.29, 1.82) is 0 Å². The van der Waals surface area contributed by atoms with Crippen molar-refractivity contribution in [2.45, 2.75) is 31.8 Å². The van der Waals surface area contributed by atoms with Crippen molar-refractivity contribution in [3.05, 3.63) is 23.8 Å². The molecule has 3 N–H and O–H groups in total. The van der Waals surface area contributed by atoms with Crippen molar-refractivity contribution in [3.63, 3.8) is 0 Å². The van der Waals surface area contributed by atoms with Gasteiger partial charge in [0, 0.05) is 24.8 Å². The summed E-state index contributed by atoms with van der Waals surface area (Å²) in [6, 6.07) is 6.27. The normalized spacial score (nSPS) is 21.5. The van der Waals surface area contributed by atoms with E-state index in [9.17, 15) is 5.11 Å². The third-order valence-electron chi connectivity index (χ3n) is 3.09. The van der Waals surface area contributed by atoms with E-state index in [0.29, 0.717) is 11.8 Å². The van der Waals surface area contributed by atoms with Crippen molar-refractivity contribution >= 4 is 5.69 Å². The largest absolute Gasteiger partial charge is 0.508 e. The molecule has 1 aromatic rings. The Hall–Kier alpha value is -1.22. The van der Waals surface area contributed by atoms with Gasteiger partial charge in [0.15, 0.2) is 0 Å². The molecule has 0 amide bonds. The maximum absolute atomic E-state index is 9.41. The number of hydrogen-bond acceptors (Lipinski definition) is 3. The molecular formula is C12H18N2O. The molecule has 2 unspecified atom stereocenters. The molecule has 1 aromatic carbocycles. The second-order valence-corrected chi connectivity index (χ2v) is 4.49. The van der Waals surface area contributed by atoms with Crippen LogP contribution in [0.5, 0.6) is 5.75 Å². The standard InChI is InChI=1S/C12H18N2O/c1-8(13)5-10-6-9-7-11(15)3-4-12(9)14(10)2/h3-4,7-8,10,15H,5-6,13H2,1-2H3. The minimum absolute atomic E-state index is 0.223. The molecule has 0 aliphatic carbocycles. The lowest BCUT2D eigenvalue weighted by atomic mass is 10.0. The number of phenols is 1. The molecule has 2 rings (SSSR count). The summed E-state index contributed by atoms with van der Waals surface area (Å²) in [7, 11) is 2.09. The molecule has 3 heteroatoms. The lowest BCUT2D eigenvalue weighted by Gasteiger charge is -2.23. The molecule has 2 atom stereocenters. The maximum atomic E-state index is 9.41. The fourth-order valence-corrected chi connectivity index (χ4v) is 2.34. The minimum atomic E-state index is 0.223. The number of benzene rings is 1. The van der Waals surface area contributed by atoms with E-state index < -0.39 is 0 Å². The average Bonchev–Trinajstić information content (AvgIpc) is 2.42. The predicted octanol–water partition coefficient (Wildman–Crippen LogP) is 1.49. The Bertz CT molecular complexity index is 363. The maximum Gasteiger partial charge on any atom is 0.116 e. The van der Waals surface area contributed by atoms with Crippen LogP contribution in [0, 0.1) is 0 Å². The van der Waals surface area contributed by atoms with E-state index in [1.54, 1.807) is 6.07 Å². The van der Waals surface area contributed by atoms with E-state index in [0.717, 1.165) is 12.8 Å². The monoisotopic (exact) mass is 206 g/mol. The van der Waals surface area contributed by atoms with Gasteiger partial charge in [-0.3, -0.25) is 0 Å². The number of nitrogens with zero attached hydrogens (tertiary/aromatic N) is 1. The first-order valence-electron chi connectivity index (χ1n) is 5.38. The third-order valence-corrected chi connectivity index (χ3v) is 3.09. The number of hydrogen-bond donors (Lipinski definition) is 2. The Kier molecular flexibility index (Phi) is 2.57. The lowest BCUT2D eigenvalue weighted by molar-refractivity contribution is 0.474. The summed E-state index contributed by atoms with van der Waals surface area (Å²) in [4.78, 5) is 2.26. The molecule has 15 heavy (non-hydrogen) atoms. The fourth-order valence-electron chi connectivity index (χ4n) is 2.34. The number of aromatic hydroxyl groups is 1. The molecule has 0 aromatic heterocycles. The van der Waals surface area contributed by atoms with Crippen LogP contribution in [0.4, 0.5) is 5.69 Å². The van der Waals surface area contributed by atoms with E-state index in [2.05, 4.69) is 11.9 Å². The summed E-state index contributed by atoms with van der Waals surface area (Å²) < 4.78 is 0. The van der Waals surface area contributed by atoms with E-state index >= 15 is 0 Å². The number of likely N-dealkylation sites (N-methyl/N-ethyl adjacent to an activating group) is 1. The zero-order valence-corrected chi connectivity index (χ0v) is 9.27. The van der Waals surface area contributed by atoms with E-state index in [4.69, 9.17) is 5.73 Å². The number of phenolic OH excluding ortho intramolecular Hbond substituents is 1. The number of nitrogens with two attached hydrogens (primary N) is 1. The highest BCUT2D eigenvalue weighted by molar-refractivity contribution is 5.60. The summed E-state index contributed by atoms with van der Waals surface area (Å²) in [6.07, 6.45) is 1.98. The van der Waals surface area contributed by atoms with Gasteiger partial charge in [0.2, 0.25) is 0 Å². The van der Waals surface area contributed by atoms with Gasteiger partial charge in [0.25, 0.3) is 0 Å². The zero-order valence-electron chi connectivity index (χ0n) is 9.27. The van der Waals surface area contributed by atoms with Crippen molar-refractivity contribution in [1.82, 2.24) is 0 Å². The summed E-state index contributed by atoms with van der Waals surface area (Å²) in [5.74, 6) is 0.351. The van der Waals surface area contributed by atoms with Crippen LogP contribution in [0.2, 0.25) is 0 Å². The zero-order chi connectivity index (χ0) is 11.0. The first kappa shape index (κ1) is 10.3. The van der Waals surface area contributed by atoms with Crippen LogP contribution in [-0.4, -0.2) is 24.2 Å². The Morgan fingerprint density at radius 3 is 3.00 bits per heavy atom. The minimum Gasteiger partial charge on any atom is -0.508 e. The van der Waals surface area contributed by atoms with Crippen LogP contribution in [-0.2, 0) is 6.42 Å². The van der Waals surface area contributed by atoms with Crippen molar-refractivity contribution < 1.29 is 5.11 Å². The number of anilines is 1. The van der Waals surface area contributed by atoms with Crippen LogP contribution in [0.25, 0.3) is 0 Å². The Morgan fingerprint density at radius 1 is 1.60 bits per heavy atom. The van der Waals surface area contributed by atoms with Crippen molar-refractivity contribution in [3.8, 4) is 5.75 Å². The molecule has 1 aliphatic rings. The van der Waals surface area contributed by atoms with E-state index in [1.165, 1.54) is 11.3 Å². The summed E-state index contributed by atoms with van der Waals surface area (Å²) in [5, 5.41) is 9.41. The molecule has 0 saturated heterocycles. The quantitative estimate of drug-likeness (QED) is 0.770. The van der Waals surface area contributed by atoms with Crippen LogP contribution in [0.1, 0.15) is 18.9 Å². The van der Waals surface area contributed by atoms with Gasteiger partial charge >= 0.3 is 0 Å². The second kappa shape index (κ2) is 3.74. The van der Waals surface area contributed by atoms with E-state index in [-0.39, 0.29) is 6.04 Å². The SMILES string of the molecule is CC(N)CC1Cc2cc(O)ccc2N1C. The van der Waals surface area contributed by atoms with Gasteiger partial charge in [0.05, 0.1) is 0 Å². The van der Waals surface area contributed by atoms with Gasteiger partial charge in [-0.15, -0.1) is 0 Å². The molecular weight excluding hydrogens is 188 g/mol. The molecule has 0 radical (unpaired) electrons. The highest BCUT2D eigenvalue weighted by Gasteiger charge is 2.26. The van der Waals surface area contributed by atoms with Crippen LogP contribution in [0.3, 0.4) is 0 Å². The topological polar surface area (TPSA) is 49.5 Å². The van der Waals surface area contributed by atoms with E-state index in [1.807, 2.05) is 19.1 Å². The highest BCUT2D eigenvalue weighted by Crippen LogP contribution is 2.34. The number of fused-ring (bicyclic) bond motifs is 1. The first-order chi connectivity index (χ1) is 7.08. The molecule has 0 fully saturated rings. The van der Waals surface area contributed by atoms with Crippen LogP contribution >= 0.6 is 0 Å². The van der Waals surface area contributed by atoms with Gasteiger partial charge in [-0.1, -0.05) is 0 Å². The van der Waals surface area contributed by atoms with Gasteiger partial charge < -0.3 is 15.7 Å². The van der Waals surface area contributed by atoms with Gasteiger partial charge in [-0.2, -0.15) is 0 Å². The van der Waals surface area contributed by atoms with Gasteiger partial charge in [-0.05, 0) is 43.5 Å². The molecule has 82 valence electrons. The average molecular weight is 206 g/mol. The molecule has 0 spiro atoms. The first-order valence-corrected chi connectivity index (χ1v) is 5.38. The fraction of sp³-hybridized carbons (Fsp3) is 0.500. The Balaban J connectivity index is 2.21. The van der Waals surface area contributed by atoms with Crippen molar-refractivity contribution in [2.75, 3.05) is 11.9 Å². The van der Waals surface area contributed by atoms with Crippen LogP contribution < -0.4 is 10.6 Å². The van der Waals surface area contributed by atoms with Gasteiger partial charge in [-0.25, -0.2) is 0 Å². The Morgan fingerprint density at radius 2 is 2.33 bits per heavy atom. The molecule has 1 aliphatic heterocycles. The summed E-state index contributed by atoms with van der Waals surface area (Å²) in [6.45, 7) is 2.04. The summed E-state index contributed by atoms with van der Waals surface area (Å²) >= 11 is 0. The molecule has 0 saturated carbocycles. The summed E-state index contributed by atoms with van der Waals surface area (Å²) in [5.41, 5.74) is 8.27. The second-order valence-electron chi connectivity index (χ2n) is 4.49. The number of rotatable bonds is 2. The van der Waals surface area contributed by atoms with Gasteiger partial charge in [0.1, 0.15) is 5.75 Å². The Labute approximate surface area is 90.5 Å².